The first-order chi connectivity index (χ1) is 14.7. The SMILES string of the molecule is COc1ccc(NC(=O)c2c(-c3ccccc3)csc2NC(=O)c2ccco2)cc1. The molecular weight excluding hydrogens is 400 g/mol. The van der Waals surface area contributed by atoms with Crippen molar-refractivity contribution in [2.75, 3.05) is 17.7 Å². The Morgan fingerprint density at radius 3 is 2.33 bits per heavy atom. The monoisotopic (exact) mass is 418 g/mol. The second kappa shape index (κ2) is 8.67. The number of ether oxygens (including phenoxy) is 1. The molecule has 7 heteroatoms. The Morgan fingerprint density at radius 1 is 0.900 bits per heavy atom. The van der Waals surface area contributed by atoms with Gasteiger partial charge in [0.2, 0.25) is 0 Å². The van der Waals surface area contributed by atoms with Gasteiger partial charge in [-0.3, -0.25) is 9.59 Å². The maximum absolute atomic E-state index is 13.2. The van der Waals surface area contributed by atoms with Crippen LogP contribution in [0.1, 0.15) is 20.9 Å². The van der Waals surface area contributed by atoms with Crippen molar-refractivity contribution in [2.24, 2.45) is 0 Å². The van der Waals surface area contributed by atoms with Gasteiger partial charge in [0, 0.05) is 16.6 Å². The standard InChI is InChI=1S/C23H18N2O4S/c1-28-17-11-9-16(10-12-17)24-22(27)20-18(15-6-3-2-4-7-15)14-30-23(20)25-21(26)19-8-5-13-29-19/h2-14H,1H3,(H,24,27)(H,25,26). The average Bonchev–Trinajstić information content (AvgIpc) is 3.45. The number of carbonyl (C=O) groups is 2. The first-order valence-electron chi connectivity index (χ1n) is 9.13. The van der Waals surface area contributed by atoms with E-state index in [9.17, 15) is 9.59 Å². The minimum Gasteiger partial charge on any atom is -0.497 e. The maximum atomic E-state index is 13.2. The lowest BCUT2D eigenvalue weighted by molar-refractivity contribution is 0.0997. The largest absolute Gasteiger partial charge is 0.497 e. The third-order valence-electron chi connectivity index (χ3n) is 4.42. The molecule has 2 heterocycles. The number of hydrogen-bond donors (Lipinski definition) is 2. The van der Waals surface area contributed by atoms with E-state index in [-0.39, 0.29) is 11.7 Å². The summed E-state index contributed by atoms with van der Waals surface area (Å²) in [5.74, 6) is 0.126. The molecule has 30 heavy (non-hydrogen) atoms. The van der Waals surface area contributed by atoms with Gasteiger partial charge in [-0.05, 0) is 42.0 Å². The van der Waals surface area contributed by atoms with Crippen LogP contribution in [0, 0.1) is 0 Å². The highest BCUT2D eigenvalue weighted by molar-refractivity contribution is 7.15. The molecule has 0 atom stereocenters. The maximum Gasteiger partial charge on any atom is 0.291 e. The van der Waals surface area contributed by atoms with Crippen LogP contribution in [0.15, 0.2) is 82.8 Å². The van der Waals surface area contributed by atoms with Crippen LogP contribution in [-0.4, -0.2) is 18.9 Å². The second-order valence-electron chi connectivity index (χ2n) is 6.33. The summed E-state index contributed by atoms with van der Waals surface area (Å²) in [6.45, 7) is 0. The van der Waals surface area contributed by atoms with Gasteiger partial charge in [-0.15, -0.1) is 11.3 Å². The molecule has 0 radical (unpaired) electrons. The summed E-state index contributed by atoms with van der Waals surface area (Å²) in [6.07, 6.45) is 1.43. The molecule has 0 saturated carbocycles. The molecule has 0 aliphatic heterocycles. The number of benzene rings is 2. The van der Waals surface area contributed by atoms with Gasteiger partial charge in [-0.25, -0.2) is 0 Å². The Bertz CT molecular complexity index is 1150. The van der Waals surface area contributed by atoms with Gasteiger partial charge in [0.05, 0.1) is 18.9 Å². The van der Waals surface area contributed by atoms with Gasteiger partial charge in [0.1, 0.15) is 10.8 Å². The van der Waals surface area contributed by atoms with Crippen LogP contribution < -0.4 is 15.4 Å². The first-order valence-corrected chi connectivity index (χ1v) is 10.0. The molecule has 150 valence electrons. The number of nitrogens with one attached hydrogen (secondary N) is 2. The number of hydrogen-bond acceptors (Lipinski definition) is 5. The van der Waals surface area contributed by atoms with Gasteiger partial charge in [-0.1, -0.05) is 30.3 Å². The molecule has 0 spiro atoms. The Hall–Kier alpha value is -3.84. The highest BCUT2D eigenvalue weighted by atomic mass is 32.1. The van der Waals surface area contributed by atoms with E-state index in [0.29, 0.717) is 22.0 Å². The minimum absolute atomic E-state index is 0.172. The van der Waals surface area contributed by atoms with Crippen LogP contribution in [0.4, 0.5) is 10.7 Å². The van der Waals surface area contributed by atoms with Crippen molar-refractivity contribution in [3.8, 4) is 16.9 Å². The number of methoxy groups -OCH3 is 1. The van der Waals surface area contributed by atoms with Crippen LogP contribution in [0.25, 0.3) is 11.1 Å². The lowest BCUT2D eigenvalue weighted by Gasteiger charge is -2.10. The number of rotatable bonds is 6. The summed E-state index contributed by atoms with van der Waals surface area (Å²) in [7, 11) is 1.58. The number of furan rings is 1. The lowest BCUT2D eigenvalue weighted by atomic mass is 10.0. The van der Waals surface area contributed by atoms with E-state index in [1.807, 2.05) is 35.7 Å². The summed E-state index contributed by atoms with van der Waals surface area (Å²) in [4.78, 5) is 25.7. The molecule has 2 amide bonds. The topological polar surface area (TPSA) is 80.6 Å². The molecule has 2 aromatic carbocycles. The van der Waals surface area contributed by atoms with E-state index in [4.69, 9.17) is 9.15 Å². The smallest absolute Gasteiger partial charge is 0.291 e. The zero-order valence-electron chi connectivity index (χ0n) is 16.0. The summed E-state index contributed by atoms with van der Waals surface area (Å²) in [6, 6.07) is 19.8. The summed E-state index contributed by atoms with van der Waals surface area (Å²) < 4.78 is 10.3. The van der Waals surface area contributed by atoms with E-state index in [1.54, 1.807) is 43.5 Å². The molecule has 0 unspecified atom stereocenters. The summed E-state index contributed by atoms with van der Waals surface area (Å²) in [5.41, 5.74) is 2.63. The molecule has 0 aliphatic rings. The predicted molar refractivity (Wildman–Crippen MR) is 117 cm³/mol. The Morgan fingerprint density at radius 2 is 1.67 bits per heavy atom. The molecule has 0 bridgehead atoms. The highest BCUT2D eigenvalue weighted by Crippen LogP contribution is 2.36. The fourth-order valence-corrected chi connectivity index (χ4v) is 3.91. The zero-order chi connectivity index (χ0) is 20.9. The molecule has 6 nitrogen and oxygen atoms in total. The van der Waals surface area contributed by atoms with Crippen LogP contribution >= 0.6 is 11.3 Å². The molecule has 2 aromatic heterocycles. The third-order valence-corrected chi connectivity index (χ3v) is 5.32. The lowest BCUT2D eigenvalue weighted by Crippen LogP contribution is -2.17. The Balaban J connectivity index is 1.68. The van der Waals surface area contributed by atoms with Crippen LogP contribution in [0.3, 0.4) is 0 Å². The van der Waals surface area contributed by atoms with Crippen molar-refractivity contribution >= 4 is 33.8 Å². The summed E-state index contributed by atoms with van der Waals surface area (Å²) >= 11 is 1.29. The molecule has 4 rings (SSSR count). The molecule has 0 aliphatic carbocycles. The van der Waals surface area contributed by atoms with Crippen LogP contribution in [0.2, 0.25) is 0 Å². The van der Waals surface area contributed by atoms with E-state index >= 15 is 0 Å². The molecule has 2 N–H and O–H groups in total. The van der Waals surface area contributed by atoms with Gasteiger partial charge in [-0.2, -0.15) is 0 Å². The predicted octanol–water partition coefficient (Wildman–Crippen LogP) is 5.52. The van der Waals surface area contributed by atoms with Crippen molar-refractivity contribution < 1.29 is 18.7 Å². The average molecular weight is 418 g/mol. The van der Waals surface area contributed by atoms with E-state index in [1.165, 1.54) is 17.6 Å². The number of carbonyl (C=O) groups excluding carboxylic acids is 2. The molecule has 0 saturated heterocycles. The van der Waals surface area contributed by atoms with Crippen molar-refractivity contribution in [3.05, 3.63) is 89.7 Å². The molecule has 0 fully saturated rings. The van der Waals surface area contributed by atoms with Crippen LogP contribution in [-0.2, 0) is 0 Å². The quantitative estimate of drug-likeness (QED) is 0.432. The number of thiophene rings is 1. The fraction of sp³-hybridized carbons (Fsp3) is 0.0435. The number of anilines is 2. The van der Waals surface area contributed by atoms with Gasteiger partial charge >= 0.3 is 0 Å². The Kier molecular flexibility index (Phi) is 5.63. The number of amides is 2. The fourth-order valence-electron chi connectivity index (χ4n) is 2.95. The van der Waals surface area contributed by atoms with Crippen LogP contribution in [0.5, 0.6) is 5.75 Å². The minimum atomic E-state index is -0.417. The van der Waals surface area contributed by atoms with Gasteiger partial charge in [0.15, 0.2) is 5.76 Å². The molecule has 4 aromatic rings. The van der Waals surface area contributed by atoms with Crippen molar-refractivity contribution in [3.63, 3.8) is 0 Å². The zero-order valence-corrected chi connectivity index (χ0v) is 16.9. The second-order valence-corrected chi connectivity index (χ2v) is 7.21. The highest BCUT2D eigenvalue weighted by Gasteiger charge is 2.23. The van der Waals surface area contributed by atoms with E-state index < -0.39 is 5.91 Å². The van der Waals surface area contributed by atoms with Gasteiger partial charge < -0.3 is 19.8 Å². The normalized spacial score (nSPS) is 10.4. The summed E-state index contributed by atoms with van der Waals surface area (Å²) in [5, 5.41) is 7.99. The van der Waals surface area contributed by atoms with Gasteiger partial charge in [0.25, 0.3) is 11.8 Å². The van der Waals surface area contributed by atoms with E-state index in [0.717, 1.165) is 11.1 Å². The van der Waals surface area contributed by atoms with E-state index in [2.05, 4.69) is 10.6 Å². The van der Waals surface area contributed by atoms with Crippen molar-refractivity contribution in [2.45, 2.75) is 0 Å². The molecular formula is C23H18N2O4S. The van der Waals surface area contributed by atoms with Crippen molar-refractivity contribution in [1.82, 2.24) is 0 Å². The van der Waals surface area contributed by atoms with Crippen molar-refractivity contribution in [1.29, 1.82) is 0 Å². The first kappa shape index (κ1) is 19.5. The third kappa shape index (κ3) is 4.11. The Labute approximate surface area is 177 Å².